The summed E-state index contributed by atoms with van der Waals surface area (Å²) in [6, 6.07) is 0. The second-order valence-electron chi connectivity index (χ2n) is 4.72. The van der Waals surface area contributed by atoms with Crippen LogP contribution < -0.4 is 5.32 Å². The van der Waals surface area contributed by atoms with Crippen LogP contribution in [-0.2, 0) is 14.3 Å². The summed E-state index contributed by atoms with van der Waals surface area (Å²) in [5.74, 6) is -1.23. The molecule has 1 fully saturated rings. The molecule has 1 aliphatic heterocycles. The van der Waals surface area contributed by atoms with Gasteiger partial charge >= 0.3 is 5.97 Å². The third-order valence-electron chi connectivity index (χ3n) is 3.14. The molecule has 1 heterocycles. The Kier molecular flexibility index (Phi) is 4.47. The lowest BCUT2D eigenvalue weighted by Gasteiger charge is -2.33. The van der Waals surface area contributed by atoms with Crippen LogP contribution in [0.1, 0.15) is 20.3 Å². The van der Waals surface area contributed by atoms with Crippen molar-refractivity contribution in [3.63, 3.8) is 0 Å². The quantitative estimate of drug-likeness (QED) is 0.709. The molecule has 6 heteroatoms. The van der Waals surface area contributed by atoms with E-state index in [4.69, 9.17) is 9.84 Å². The first-order chi connectivity index (χ1) is 7.85. The number of rotatable bonds is 4. The van der Waals surface area contributed by atoms with Crippen LogP contribution in [0.2, 0.25) is 0 Å². The van der Waals surface area contributed by atoms with Crippen molar-refractivity contribution in [1.82, 2.24) is 10.2 Å². The zero-order valence-corrected chi connectivity index (χ0v) is 10.5. The minimum Gasteiger partial charge on any atom is -0.480 e. The monoisotopic (exact) mass is 244 g/mol. The van der Waals surface area contributed by atoms with Crippen LogP contribution in [0.15, 0.2) is 0 Å². The van der Waals surface area contributed by atoms with E-state index in [9.17, 15) is 9.59 Å². The number of hydrogen-bond acceptors (Lipinski definition) is 4. The summed E-state index contributed by atoms with van der Waals surface area (Å²) >= 11 is 0. The maximum absolute atomic E-state index is 11.9. The van der Waals surface area contributed by atoms with Crippen LogP contribution in [0.5, 0.6) is 0 Å². The number of amides is 1. The van der Waals surface area contributed by atoms with Crippen molar-refractivity contribution in [1.29, 1.82) is 0 Å². The molecule has 1 unspecified atom stereocenters. The number of nitrogens with one attached hydrogen (secondary N) is 1. The first-order valence-electron chi connectivity index (χ1n) is 5.68. The summed E-state index contributed by atoms with van der Waals surface area (Å²) < 4.78 is 5.41. The minimum absolute atomic E-state index is 0.164. The number of carbonyl (C=O) groups excluding carboxylic acids is 1. The highest BCUT2D eigenvalue weighted by Gasteiger charge is 2.35. The van der Waals surface area contributed by atoms with Crippen molar-refractivity contribution in [2.45, 2.75) is 31.9 Å². The number of carboxylic acid groups (broad SMARTS) is 1. The van der Waals surface area contributed by atoms with Gasteiger partial charge < -0.3 is 20.1 Å². The molecule has 0 saturated carbocycles. The van der Waals surface area contributed by atoms with Crippen molar-refractivity contribution >= 4 is 11.9 Å². The van der Waals surface area contributed by atoms with Crippen LogP contribution in [0.25, 0.3) is 0 Å². The molecule has 1 amide bonds. The summed E-state index contributed by atoms with van der Waals surface area (Å²) in [5.41, 5.74) is -1.20. The van der Waals surface area contributed by atoms with Crippen LogP contribution in [0, 0.1) is 0 Å². The van der Waals surface area contributed by atoms with Crippen LogP contribution >= 0.6 is 0 Å². The standard InChI is InChI=1S/C11H20N2O4/c1-11(2,10(15)16)13(3)9(14)6-8-7-12-4-5-17-8/h8,12H,4-7H2,1-3H3,(H,15,16). The van der Waals surface area contributed by atoms with Gasteiger partial charge in [0.1, 0.15) is 5.54 Å². The summed E-state index contributed by atoms with van der Waals surface area (Å²) in [6.45, 7) is 5.03. The highest BCUT2D eigenvalue weighted by atomic mass is 16.5. The van der Waals surface area contributed by atoms with E-state index in [1.165, 1.54) is 25.8 Å². The summed E-state index contributed by atoms with van der Waals surface area (Å²) in [4.78, 5) is 24.2. The zero-order valence-electron chi connectivity index (χ0n) is 10.5. The van der Waals surface area contributed by atoms with Gasteiger partial charge in [-0.1, -0.05) is 0 Å². The molecule has 17 heavy (non-hydrogen) atoms. The van der Waals surface area contributed by atoms with Gasteiger partial charge in [-0.2, -0.15) is 0 Å². The van der Waals surface area contributed by atoms with Gasteiger partial charge in [-0.05, 0) is 13.8 Å². The lowest BCUT2D eigenvalue weighted by molar-refractivity contribution is -0.156. The number of nitrogens with zero attached hydrogens (tertiary/aromatic N) is 1. The Bertz CT molecular complexity index is 298. The lowest BCUT2D eigenvalue weighted by atomic mass is 10.0. The van der Waals surface area contributed by atoms with Gasteiger partial charge in [0.15, 0.2) is 0 Å². The third-order valence-corrected chi connectivity index (χ3v) is 3.14. The highest BCUT2D eigenvalue weighted by molar-refractivity contribution is 5.86. The molecule has 2 N–H and O–H groups in total. The van der Waals surface area contributed by atoms with E-state index in [-0.39, 0.29) is 18.4 Å². The molecule has 0 aliphatic carbocycles. The Morgan fingerprint density at radius 3 is 2.65 bits per heavy atom. The van der Waals surface area contributed by atoms with Gasteiger partial charge in [0, 0.05) is 20.1 Å². The van der Waals surface area contributed by atoms with E-state index in [0.717, 1.165) is 6.54 Å². The molecule has 0 bridgehead atoms. The second-order valence-corrected chi connectivity index (χ2v) is 4.72. The fourth-order valence-electron chi connectivity index (χ4n) is 1.54. The van der Waals surface area contributed by atoms with Gasteiger partial charge in [-0.25, -0.2) is 4.79 Å². The van der Waals surface area contributed by atoms with Gasteiger partial charge in [0.2, 0.25) is 5.91 Å². The molecule has 98 valence electrons. The molecule has 1 rings (SSSR count). The van der Waals surface area contributed by atoms with Crippen molar-refractivity contribution in [2.24, 2.45) is 0 Å². The first-order valence-corrected chi connectivity index (χ1v) is 5.68. The van der Waals surface area contributed by atoms with Gasteiger partial charge in [-0.15, -0.1) is 0 Å². The molecule has 0 aromatic heterocycles. The molecule has 0 aromatic carbocycles. The third kappa shape index (κ3) is 3.41. The average Bonchev–Trinajstić information content (AvgIpc) is 2.29. The Hall–Kier alpha value is -1.14. The van der Waals surface area contributed by atoms with E-state index in [2.05, 4.69) is 5.32 Å². The van der Waals surface area contributed by atoms with Crippen LogP contribution in [-0.4, -0.2) is 60.3 Å². The van der Waals surface area contributed by atoms with E-state index in [1.54, 1.807) is 0 Å². The molecule has 1 aliphatic rings. The molecule has 0 spiro atoms. The zero-order chi connectivity index (χ0) is 13.1. The molecule has 6 nitrogen and oxygen atoms in total. The predicted molar refractivity (Wildman–Crippen MR) is 61.7 cm³/mol. The SMILES string of the molecule is CN(C(=O)CC1CNCCO1)C(C)(C)C(=O)O. The Labute approximate surface area is 101 Å². The largest absolute Gasteiger partial charge is 0.480 e. The predicted octanol–water partition coefficient (Wildman–Crippen LogP) is -0.313. The van der Waals surface area contributed by atoms with E-state index in [0.29, 0.717) is 13.2 Å². The van der Waals surface area contributed by atoms with Crippen molar-refractivity contribution in [3.05, 3.63) is 0 Å². The first kappa shape index (κ1) is 13.9. The van der Waals surface area contributed by atoms with Crippen molar-refractivity contribution in [3.8, 4) is 0 Å². The number of hydrogen-bond donors (Lipinski definition) is 2. The van der Waals surface area contributed by atoms with Gasteiger partial charge in [0.25, 0.3) is 0 Å². The Morgan fingerprint density at radius 1 is 1.53 bits per heavy atom. The van der Waals surface area contributed by atoms with E-state index in [1.807, 2.05) is 0 Å². The lowest BCUT2D eigenvalue weighted by Crippen LogP contribution is -2.52. The number of carbonyl (C=O) groups is 2. The number of likely N-dealkylation sites (N-methyl/N-ethyl adjacent to an activating group) is 1. The minimum atomic E-state index is -1.20. The summed E-state index contributed by atoms with van der Waals surface area (Å²) in [5, 5.41) is 12.2. The van der Waals surface area contributed by atoms with E-state index >= 15 is 0 Å². The molecular formula is C11H20N2O4. The maximum Gasteiger partial charge on any atom is 0.329 e. The fraction of sp³-hybridized carbons (Fsp3) is 0.818. The van der Waals surface area contributed by atoms with Gasteiger partial charge in [-0.3, -0.25) is 4.79 Å². The van der Waals surface area contributed by atoms with Crippen molar-refractivity contribution in [2.75, 3.05) is 26.7 Å². The van der Waals surface area contributed by atoms with Crippen molar-refractivity contribution < 1.29 is 19.4 Å². The Morgan fingerprint density at radius 2 is 2.18 bits per heavy atom. The molecular weight excluding hydrogens is 224 g/mol. The highest BCUT2D eigenvalue weighted by Crippen LogP contribution is 2.15. The molecule has 1 saturated heterocycles. The smallest absolute Gasteiger partial charge is 0.329 e. The number of morpholine rings is 1. The van der Waals surface area contributed by atoms with Gasteiger partial charge in [0.05, 0.1) is 19.1 Å². The normalized spacial score (nSPS) is 21.0. The van der Waals surface area contributed by atoms with Crippen LogP contribution in [0.4, 0.5) is 0 Å². The molecule has 1 atom stereocenters. The summed E-state index contributed by atoms with van der Waals surface area (Å²) in [6.07, 6.45) is 0.0449. The fourth-order valence-corrected chi connectivity index (χ4v) is 1.54. The Balaban J connectivity index is 2.54. The summed E-state index contributed by atoms with van der Waals surface area (Å²) in [7, 11) is 1.51. The number of carboxylic acids is 1. The van der Waals surface area contributed by atoms with E-state index < -0.39 is 11.5 Å². The maximum atomic E-state index is 11.9. The number of aliphatic carboxylic acids is 1. The van der Waals surface area contributed by atoms with Crippen LogP contribution in [0.3, 0.4) is 0 Å². The average molecular weight is 244 g/mol. The topological polar surface area (TPSA) is 78.9 Å². The number of ether oxygens (including phenoxy) is 1. The second kappa shape index (κ2) is 5.46. The molecule has 0 radical (unpaired) electrons. The molecule has 0 aromatic rings.